The van der Waals surface area contributed by atoms with Gasteiger partial charge in [-0.25, -0.2) is 4.79 Å². The van der Waals surface area contributed by atoms with Crippen LogP contribution < -0.4 is 10.6 Å². The summed E-state index contributed by atoms with van der Waals surface area (Å²) in [5, 5.41) is 15.1. The van der Waals surface area contributed by atoms with E-state index in [0.29, 0.717) is 0 Å². The first-order valence-corrected chi connectivity index (χ1v) is 9.49. The van der Waals surface area contributed by atoms with Gasteiger partial charge in [-0.15, -0.1) is 0 Å². The van der Waals surface area contributed by atoms with Crippen molar-refractivity contribution in [1.82, 2.24) is 5.32 Å². The van der Waals surface area contributed by atoms with Crippen LogP contribution in [0.5, 0.6) is 0 Å². The molecule has 0 aliphatic carbocycles. The molecule has 0 aliphatic rings. The molecule has 29 heavy (non-hydrogen) atoms. The number of carbonyl (C=O) groups is 2. The second-order valence-corrected chi connectivity index (χ2v) is 7.04. The van der Waals surface area contributed by atoms with Crippen molar-refractivity contribution >= 4 is 46.5 Å². The minimum Gasteiger partial charge on any atom is -0.478 e. The van der Waals surface area contributed by atoms with E-state index in [0.717, 1.165) is 11.1 Å². The first kappa shape index (κ1) is 20.5. The number of carbonyl (C=O) groups excluding carboxylic acids is 1. The highest BCUT2D eigenvalue weighted by atomic mass is 35.5. The van der Waals surface area contributed by atoms with E-state index in [4.69, 9.17) is 23.8 Å². The molecule has 3 aromatic carbocycles. The van der Waals surface area contributed by atoms with Crippen molar-refractivity contribution in [2.75, 3.05) is 5.32 Å². The fourth-order valence-corrected chi connectivity index (χ4v) is 3.31. The fourth-order valence-electron chi connectivity index (χ4n) is 2.93. The van der Waals surface area contributed by atoms with Gasteiger partial charge in [-0.3, -0.25) is 4.79 Å². The van der Waals surface area contributed by atoms with Crippen LogP contribution in [0.1, 0.15) is 27.4 Å². The number of benzene rings is 3. The standard InChI is InChI=1S/C22H17ClN2O3S/c23-16-11-12-18(17(13-16)21(27)28)24-22(29)25-20(26)19(14-7-3-1-4-8-14)15-9-5-2-6-10-15/h1-13,19H,(H,27,28)(H2,24,25,26,29). The quantitative estimate of drug-likeness (QED) is 0.518. The van der Waals surface area contributed by atoms with Gasteiger partial charge in [-0.05, 0) is 41.5 Å². The van der Waals surface area contributed by atoms with Crippen LogP contribution in [0.25, 0.3) is 0 Å². The number of thiocarbonyl (C=S) groups is 1. The second kappa shape index (κ2) is 9.32. The molecule has 7 heteroatoms. The predicted octanol–water partition coefficient (Wildman–Crippen LogP) is 4.68. The Kier molecular flexibility index (Phi) is 6.59. The lowest BCUT2D eigenvalue weighted by atomic mass is 9.90. The van der Waals surface area contributed by atoms with Gasteiger partial charge < -0.3 is 15.7 Å². The minimum absolute atomic E-state index is 0.00307. The molecular weight excluding hydrogens is 408 g/mol. The molecule has 0 radical (unpaired) electrons. The molecule has 0 atom stereocenters. The summed E-state index contributed by atoms with van der Waals surface area (Å²) in [6.45, 7) is 0. The lowest BCUT2D eigenvalue weighted by Gasteiger charge is -2.19. The number of rotatable bonds is 5. The van der Waals surface area contributed by atoms with Crippen molar-refractivity contribution in [1.29, 1.82) is 0 Å². The maximum Gasteiger partial charge on any atom is 0.337 e. The zero-order valence-corrected chi connectivity index (χ0v) is 16.7. The van der Waals surface area contributed by atoms with Crippen LogP contribution in [0, 0.1) is 0 Å². The third-order valence-electron chi connectivity index (χ3n) is 4.22. The van der Waals surface area contributed by atoms with Crippen LogP contribution in [0.4, 0.5) is 5.69 Å². The zero-order chi connectivity index (χ0) is 20.8. The van der Waals surface area contributed by atoms with Gasteiger partial charge in [0.15, 0.2) is 5.11 Å². The summed E-state index contributed by atoms with van der Waals surface area (Å²) in [4.78, 5) is 24.5. The number of aromatic carboxylic acids is 1. The number of amides is 1. The van der Waals surface area contributed by atoms with Gasteiger partial charge in [0, 0.05) is 5.02 Å². The molecule has 0 aliphatic heterocycles. The summed E-state index contributed by atoms with van der Waals surface area (Å²) in [5.41, 5.74) is 1.83. The van der Waals surface area contributed by atoms with E-state index in [2.05, 4.69) is 10.6 Å². The molecule has 1 amide bonds. The normalized spacial score (nSPS) is 10.4. The number of carboxylic acids is 1. The molecule has 0 aromatic heterocycles. The molecule has 0 saturated heterocycles. The maximum absolute atomic E-state index is 13.0. The van der Waals surface area contributed by atoms with Gasteiger partial charge in [0.25, 0.3) is 0 Å². The van der Waals surface area contributed by atoms with Crippen LogP contribution in [-0.2, 0) is 4.79 Å². The molecule has 0 spiro atoms. The fraction of sp³-hybridized carbons (Fsp3) is 0.0455. The topological polar surface area (TPSA) is 78.4 Å². The summed E-state index contributed by atoms with van der Waals surface area (Å²) in [6, 6.07) is 23.0. The van der Waals surface area contributed by atoms with Gasteiger partial charge in [0.05, 0.1) is 17.2 Å². The Morgan fingerprint density at radius 1 is 0.897 bits per heavy atom. The summed E-state index contributed by atoms with van der Waals surface area (Å²) in [5.74, 6) is -2.05. The molecule has 0 bridgehead atoms. The Morgan fingerprint density at radius 2 is 1.45 bits per heavy atom. The van der Waals surface area contributed by atoms with Gasteiger partial charge in [-0.1, -0.05) is 72.3 Å². The lowest BCUT2D eigenvalue weighted by Crippen LogP contribution is -2.38. The number of hydrogen-bond acceptors (Lipinski definition) is 3. The van der Waals surface area contributed by atoms with E-state index in [1.165, 1.54) is 18.2 Å². The molecule has 5 nitrogen and oxygen atoms in total. The van der Waals surface area contributed by atoms with Crippen molar-refractivity contribution in [2.45, 2.75) is 5.92 Å². The van der Waals surface area contributed by atoms with Crippen molar-refractivity contribution in [3.8, 4) is 0 Å². The third kappa shape index (κ3) is 5.19. The third-order valence-corrected chi connectivity index (χ3v) is 4.66. The number of hydrogen-bond donors (Lipinski definition) is 3. The average molecular weight is 425 g/mol. The van der Waals surface area contributed by atoms with Crippen molar-refractivity contribution in [3.05, 3.63) is 101 Å². The highest BCUT2D eigenvalue weighted by molar-refractivity contribution is 7.80. The number of carboxylic acid groups (broad SMARTS) is 1. The van der Waals surface area contributed by atoms with E-state index < -0.39 is 11.9 Å². The van der Waals surface area contributed by atoms with Crippen molar-refractivity contribution in [2.24, 2.45) is 0 Å². The van der Waals surface area contributed by atoms with Crippen LogP contribution in [0.3, 0.4) is 0 Å². The van der Waals surface area contributed by atoms with Gasteiger partial charge in [-0.2, -0.15) is 0 Å². The van der Waals surface area contributed by atoms with Crippen LogP contribution in [0.15, 0.2) is 78.9 Å². The molecular formula is C22H17ClN2O3S. The zero-order valence-electron chi connectivity index (χ0n) is 15.1. The summed E-state index contributed by atoms with van der Waals surface area (Å²) < 4.78 is 0. The monoisotopic (exact) mass is 424 g/mol. The highest BCUT2D eigenvalue weighted by Crippen LogP contribution is 2.25. The Bertz CT molecular complexity index is 1000. The van der Waals surface area contributed by atoms with Crippen molar-refractivity contribution in [3.63, 3.8) is 0 Å². The van der Waals surface area contributed by atoms with Gasteiger partial charge in [0.2, 0.25) is 5.91 Å². The predicted molar refractivity (Wildman–Crippen MR) is 118 cm³/mol. The number of halogens is 1. The SMILES string of the molecule is O=C(O)c1cc(Cl)ccc1NC(=S)NC(=O)C(c1ccccc1)c1ccccc1. The first-order chi connectivity index (χ1) is 14.0. The van der Waals surface area contributed by atoms with Gasteiger partial charge in [0.1, 0.15) is 0 Å². The van der Waals surface area contributed by atoms with Gasteiger partial charge >= 0.3 is 5.97 Å². The lowest BCUT2D eigenvalue weighted by molar-refractivity contribution is -0.120. The summed E-state index contributed by atoms with van der Waals surface area (Å²) in [6.07, 6.45) is 0. The molecule has 3 rings (SSSR count). The minimum atomic E-state index is -1.16. The van der Waals surface area contributed by atoms with Crippen LogP contribution >= 0.6 is 23.8 Å². The number of nitrogens with one attached hydrogen (secondary N) is 2. The second-order valence-electron chi connectivity index (χ2n) is 6.19. The maximum atomic E-state index is 13.0. The highest BCUT2D eigenvalue weighted by Gasteiger charge is 2.23. The summed E-state index contributed by atoms with van der Waals surface area (Å²) >= 11 is 11.1. The molecule has 0 fully saturated rings. The molecule has 3 N–H and O–H groups in total. The Morgan fingerprint density at radius 3 is 1.97 bits per heavy atom. The van der Waals surface area contributed by atoms with Crippen LogP contribution in [-0.4, -0.2) is 22.1 Å². The molecule has 146 valence electrons. The van der Waals surface area contributed by atoms with E-state index in [9.17, 15) is 14.7 Å². The van der Waals surface area contributed by atoms with E-state index in [1.807, 2.05) is 60.7 Å². The smallest absolute Gasteiger partial charge is 0.337 e. The Balaban J connectivity index is 1.82. The Hall–Kier alpha value is -3.22. The Labute approximate surface area is 178 Å². The number of anilines is 1. The molecule has 0 saturated carbocycles. The van der Waals surface area contributed by atoms with E-state index in [1.54, 1.807) is 0 Å². The first-order valence-electron chi connectivity index (χ1n) is 8.70. The molecule has 0 unspecified atom stereocenters. The molecule has 0 heterocycles. The van der Waals surface area contributed by atoms with E-state index in [-0.39, 0.29) is 27.3 Å². The average Bonchev–Trinajstić information content (AvgIpc) is 2.71. The van der Waals surface area contributed by atoms with E-state index >= 15 is 0 Å². The largest absolute Gasteiger partial charge is 0.478 e. The van der Waals surface area contributed by atoms with Crippen LogP contribution in [0.2, 0.25) is 5.02 Å². The van der Waals surface area contributed by atoms with Crippen molar-refractivity contribution < 1.29 is 14.7 Å². The molecule has 3 aromatic rings. The summed E-state index contributed by atoms with van der Waals surface area (Å²) in [7, 11) is 0.